The van der Waals surface area contributed by atoms with Gasteiger partial charge in [-0.25, -0.2) is 9.48 Å². The van der Waals surface area contributed by atoms with E-state index in [1.165, 1.54) is 7.11 Å². The lowest BCUT2D eigenvalue weighted by molar-refractivity contribution is 0.0458. The number of benzene rings is 2. The first-order valence-corrected chi connectivity index (χ1v) is 8.23. The maximum Gasteiger partial charge on any atom is 0.363 e. The third-order valence-electron chi connectivity index (χ3n) is 3.96. The zero-order chi connectivity index (χ0) is 19.2. The maximum atomic E-state index is 12.5. The molecule has 1 aromatic heterocycles. The highest BCUT2D eigenvalue weighted by atomic mass is 16.5. The Labute approximate surface area is 157 Å². The van der Waals surface area contributed by atoms with Crippen molar-refractivity contribution >= 4 is 5.97 Å². The Morgan fingerprint density at radius 3 is 2.37 bits per heavy atom. The van der Waals surface area contributed by atoms with Crippen molar-refractivity contribution in [2.45, 2.75) is 6.61 Å². The minimum absolute atomic E-state index is 0.0144. The average molecular weight is 368 g/mol. The first-order chi connectivity index (χ1) is 13.2. The summed E-state index contributed by atoms with van der Waals surface area (Å²) < 4.78 is 22.8. The second-order valence-electron chi connectivity index (χ2n) is 5.58. The van der Waals surface area contributed by atoms with Gasteiger partial charge in [-0.3, -0.25) is 0 Å². The Hall–Kier alpha value is -3.48. The highest BCUT2D eigenvalue weighted by molar-refractivity contribution is 5.90. The standard InChI is InChI=1S/C20H20N2O5/c1-24-16-9-10-17(25-2)14(11-16)13-27-20(23)19-18(26-3)12-22(21-19)15-7-5-4-6-8-15/h4-12H,13H2,1-3H3. The van der Waals surface area contributed by atoms with Crippen LogP contribution in [0.3, 0.4) is 0 Å². The topological polar surface area (TPSA) is 71.8 Å². The molecule has 3 rings (SSSR count). The fourth-order valence-electron chi connectivity index (χ4n) is 2.57. The van der Waals surface area contributed by atoms with Crippen LogP contribution in [0.15, 0.2) is 54.7 Å². The van der Waals surface area contributed by atoms with Crippen LogP contribution in [0.25, 0.3) is 5.69 Å². The zero-order valence-electron chi connectivity index (χ0n) is 15.3. The van der Waals surface area contributed by atoms with Gasteiger partial charge in [0.1, 0.15) is 18.1 Å². The van der Waals surface area contributed by atoms with E-state index in [0.717, 1.165) is 5.69 Å². The highest BCUT2D eigenvalue weighted by Gasteiger charge is 2.20. The summed E-state index contributed by atoms with van der Waals surface area (Å²) in [4.78, 5) is 12.5. The molecule has 2 aromatic carbocycles. The number of nitrogens with zero attached hydrogens (tertiary/aromatic N) is 2. The van der Waals surface area contributed by atoms with Crippen molar-refractivity contribution in [3.8, 4) is 22.9 Å². The van der Waals surface area contributed by atoms with Crippen molar-refractivity contribution in [2.24, 2.45) is 0 Å². The van der Waals surface area contributed by atoms with Gasteiger partial charge < -0.3 is 18.9 Å². The summed E-state index contributed by atoms with van der Waals surface area (Å²) >= 11 is 0. The Bertz CT molecular complexity index is 921. The van der Waals surface area contributed by atoms with Crippen LogP contribution in [-0.2, 0) is 11.3 Å². The van der Waals surface area contributed by atoms with Gasteiger partial charge in [0.05, 0.1) is 33.2 Å². The van der Waals surface area contributed by atoms with Gasteiger partial charge in [-0.05, 0) is 30.3 Å². The van der Waals surface area contributed by atoms with Crippen LogP contribution in [0.4, 0.5) is 0 Å². The normalized spacial score (nSPS) is 10.3. The third-order valence-corrected chi connectivity index (χ3v) is 3.96. The smallest absolute Gasteiger partial charge is 0.363 e. The fourth-order valence-corrected chi connectivity index (χ4v) is 2.57. The molecule has 0 saturated heterocycles. The fraction of sp³-hybridized carbons (Fsp3) is 0.200. The predicted octanol–water partition coefficient (Wildman–Crippen LogP) is 3.26. The van der Waals surface area contributed by atoms with E-state index in [2.05, 4.69) is 5.10 Å². The van der Waals surface area contributed by atoms with E-state index in [1.54, 1.807) is 43.3 Å². The minimum atomic E-state index is -0.591. The van der Waals surface area contributed by atoms with Crippen LogP contribution in [0.5, 0.6) is 17.2 Å². The van der Waals surface area contributed by atoms with Crippen LogP contribution < -0.4 is 14.2 Å². The second-order valence-corrected chi connectivity index (χ2v) is 5.58. The summed E-state index contributed by atoms with van der Waals surface area (Å²) in [5.74, 6) is 0.992. The Morgan fingerprint density at radius 2 is 1.70 bits per heavy atom. The van der Waals surface area contributed by atoms with Gasteiger partial charge >= 0.3 is 5.97 Å². The molecule has 7 nitrogen and oxygen atoms in total. The summed E-state index contributed by atoms with van der Waals surface area (Å²) in [5, 5.41) is 4.30. The molecule has 3 aromatic rings. The van der Waals surface area contributed by atoms with Crippen LogP contribution in [-0.4, -0.2) is 37.1 Å². The van der Waals surface area contributed by atoms with Gasteiger partial charge in [-0.15, -0.1) is 0 Å². The molecule has 27 heavy (non-hydrogen) atoms. The van der Waals surface area contributed by atoms with E-state index in [-0.39, 0.29) is 12.3 Å². The van der Waals surface area contributed by atoms with E-state index in [1.807, 2.05) is 30.3 Å². The van der Waals surface area contributed by atoms with E-state index in [4.69, 9.17) is 18.9 Å². The lowest BCUT2D eigenvalue weighted by Gasteiger charge is -2.10. The van der Waals surface area contributed by atoms with Crippen LogP contribution in [0.1, 0.15) is 16.1 Å². The van der Waals surface area contributed by atoms with Gasteiger partial charge in [-0.2, -0.15) is 5.10 Å². The number of ether oxygens (including phenoxy) is 4. The molecule has 0 spiro atoms. The van der Waals surface area contributed by atoms with Crippen molar-refractivity contribution < 1.29 is 23.7 Å². The van der Waals surface area contributed by atoms with E-state index < -0.39 is 5.97 Å². The molecule has 0 atom stereocenters. The summed E-state index contributed by atoms with van der Waals surface area (Å²) in [6, 6.07) is 14.7. The summed E-state index contributed by atoms with van der Waals surface area (Å²) in [7, 11) is 4.60. The molecule has 0 aliphatic rings. The van der Waals surface area contributed by atoms with E-state index in [9.17, 15) is 4.79 Å². The molecule has 0 saturated carbocycles. The molecule has 0 aliphatic heterocycles. The molecule has 0 fully saturated rings. The zero-order valence-corrected chi connectivity index (χ0v) is 15.3. The van der Waals surface area contributed by atoms with Gasteiger partial charge in [0.15, 0.2) is 5.75 Å². The van der Waals surface area contributed by atoms with Crippen LogP contribution in [0.2, 0.25) is 0 Å². The van der Waals surface area contributed by atoms with Crippen molar-refractivity contribution in [3.05, 3.63) is 66.0 Å². The molecule has 0 radical (unpaired) electrons. The molecule has 0 aliphatic carbocycles. The monoisotopic (exact) mass is 368 g/mol. The van der Waals surface area contributed by atoms with Crippen LogP contribution in [0, 0.1) is 0 Å². The predicted molar refractivity (Wildman–Crippen MR) is 98.8 cm³/mol. The number of hydrogen-bond donors (Lipinski definition) is 0. The molecule has 7 heteroatoms. The van der Waals surface area contributed by atoms with Crippen molar-refractivity contribution in [3.63, 3.8) is 0 Å². The molecule has 0 bridgehead atoms. The van der Waals surface area contributed by atoms with Crippen molar-refractivity contribution in [2.75, 3.05) is 21.3 Å². The number of para-hydroxylation sites is 1. The average Bonchev–Trinajstić information content (AvgIpc) is 3.17. The summed E-state index contributed by atoms with van der Waals surface area (Å²) in [6.45, 7) is 0.0144. The number of carbonyl (C=O) groups is 1. The lowest BCUT2D eigenvalue weighted by Crippen LogP contribution is -2.09. The molecular formula is C20H20N2O5. The molecule has 140 valence electrons. The summed E-state index contributed by atoms with van der Waals surface area (Å²) in [5.41, 5.74) is 1.60. The summed E-state index contributed by atoms with van der Waals surface area (Å²) in [6.07, 6.45) is 1.64. The molecular weight excluding hydrogens is 348 g/mol. The van der Waals surface area contributed by atoms with Gasteiger partial charge in [0.25, 0.3) is 0 Å². The minimum Gasteiger partial charge on any atom is -0.497 e. The van der Waals surface area contributed by atoms with Crippen molar-refractivity contribution in [1.82, 2.24) is 9.78 Å². The molecule has 1 heterocycles. The number of rotatable bonds is 7. The maximum absolute atomic E-state index is 12.5. The Balaban J connectivity index is 1.80. The number of carbonyl (C=O) groups excluding carboxylic acids is 1. The largest absolute Gasteiger partial charge is 0.497 e. The second kappa shape index (κ2) is 8.27. The first-order valence-electron chi connectivity index (χ1n) is 8.23. The molecule has 0 unspecified atom stereocenters. The number of methoxy groups -OCH3 is 3. The first kappa shape index (κ1) is 18.3. The Kier molecular flexibility index (Phi) is 5.61. The van der Waals surface area contributed by atoms with E-state index in [0.29, 0.717) is 22.8 Å². The van der Waals surface area contributed by atoms with Gasteiger partial charge in [-0.1, -0.05) is 18.2 Å². The quantitative estimate of drug-likeness (QED) is 0.596. The lowest BCUT2D eigenvalue weighted by atomic mass is 10.2. The van der Waals surface area contributed by atoms with E-state index >= 15 is 0 Å². The highest BCUT2D eigenvalue weighted by Crippen LogP contribution is 2.26. The molecule has 0 N–H and O–H groups in total. The number of hydrogen-bond acceptors (Lipinski definition) is 6. The van der Waals surface area contributed by atoms with Crippen molar-refractivity contribution in [1.29, 1.82) is 0 Å². The molecule has 0 amide bonds. The van der Waals surface area contributed by atoms with Gasteiger partial charge in [0.2, 0.25) is 5.69 Å². The SMILES string of the molecule is COc1ccc(OC)c(COC(=O)c2nn(-c3ccccc3)cc2OC)c1. The third kappa shape index (κ3) is 4.03. The number of esters is 1. The number of aromatic nitrogens is 2. The Morgan fingerprint density at radius 1 is 0.963 bits per heavy atom. The van der Waals surface area contributed by atoms with Crippen LogP contribution >= 0.6 is 0 Å². The van der Waals surface area contributed by atoms with Gasteiger partial charge in [0, 0.05) is 5.56 Å².